The van der Waals surface area contributed by atoms with Crippen LogP contribution in [0, 0.1) is 11.8 Å². The molecule has 0 aliphatic heterocycles. The zero-order valence-electron chi connectivity index (χ0n) is 20.0. The number of carbonyl (C=O) groups is 1. The first-order valence-electron chi connectivity index (χ1n) is 11.2. The van der Waals surface area contributed by atoms with Crippen molar-refractivity contribution in [3.05, 3.63) is 72.2 Å². The van der Waals surface area contributed by atoms with Crippen molar-refractivity contribution in [1.29, 1.82) is 0 Å². The van der Waals surface area contributed by atoms with Gasteiger partial charge >= 0.3 is 6.09 Å². The first-order chi connectivity index (χ1) is 16.7. The van der Waals surface area contributed by atoms with Crippen LogP contribution in [0.2, 0.25) is 0 Å². The molecule has 4 aromatic rings. The van der Waals surface area contributed by atoms with Crippen LogP contribution in [-0.4, -0.2) is 32.7 Å². The summed E-state index contributed by atoms with van der Waals surface area (Å²) in [6.45, 7) is 7.63. The molecular formula is C27H26N4O4. The van der Waals surface area contributed by atoms with E-state index in [0.717, 1.165) is 16.9 Å². The lowest BCUT2D eigenvalue weighted by molar-refractivity contribution is 0.0519. The number of aromatic nitrogens is 3. The summed E-state index contributed by atoms with van der Waals surface area (Å²) in [7, 11) is 0. The van der Waals surface area contributed by atoms with Crippen LogP contribution in [0.1, 0.15) is 39.1 Å². The number of nitrogens with zero attached hydrogens (tertiary/aromatic N) is 3. The van der Waals surface area contributed by atoms with Crippen LogP contribution >= 0.6 is 0 Å². The number of fused-ring (bicyclic) bond motifs is 1. The molecule has 1 N–H and O–H groups in total. The zero-order valence-corrected chi connectivity index (χ0v) is 20.0. The van der Waals surface area contributed by atoms with Gasteiger partial charge in [-0.1, -0.05) is 36.3 Å². The zero-order chi connectivity index (χ0) is 24.8. The Kier molecular flexibility index (Phi) is 6.97. The normalized spacial score (nSPS) is 11.9. The Bertz CT molecular complexity index is 1360. The Morgan fingerprint density at radius 2 is 1.83 bits per heavy atom. The summed E-state index contributed by atoms with van der Waals surface area (Å²) in [6, 6.07) is 17.0. The maximum atomic E-state index is 11.9. The van der Waals surface area contributed by atoms with E-state index in [9.17, 15) is 4.79 Å². The highest BCUT2D eigenvalue weighted by Crippen LogP contribution is 2.25. The van der Waals surface area contributed by atoms with Crippen LogP contribution in [0.25, 0.3) is 22.7 Å². The van der Waals surface area contributed by atoms with Crippen LogP contribution in [0.3, 0.4) is 0 Å². The van der Waals surface area contributed by atoms with E-state index in [0.29, 0.717) is 23.7 Å². The van der Waals surface area contributed by atoms with E-state index in [4.69, 9.17) is 13.9 Å². The highest BCUT2D eigenvalue weighted by molar-refractivity contribution is 5.72. The Morgan fingerprint density at radius 3 is 2.54 bits per heavy atom. The molecule has 1 atom stereocenters. The van der Waals surface area contributed by atoms with Crippen molar-refractivity contribution in [3.63, 3.8) is 0 Å². The summed E-state index contributed by atoms with van der Waals surface area (Å²) >= 11 is 0. The minimum atomic E-state index is -0.578. The summed E-state index contributed by atoms with van der Waals surface area (Å²) < 4.78 is 16.9. The van der Waals surface area contributed by atoms with E-state index in [-0.39, 0.29) is 5.82 Å². The van der Waals surface area contributed by atoms with E-state index < -0.39 is 17.7 Å². The minimum absolute atomic E-state index is 0.266. The molecule has 0 unspecified atom stereocenters. The molecule has 0 spiro atoms. The third kappa shape index (κ3) is 6.81. The quantitative estimate of drug-likeness (QED) is 0.404. The van der Waals surface area contributed by atoms with Crippen molar-refractivity contribution in [2.24, 2.45) is 0 Å². The maximum absolute atomic E-state index is 11.9. The number of hydrogen-bond donors (Lipinski definition) is 1. The fourth-order valence-electron chi connectivity index (χ4n) is 3.05. The molecular weight excluding hydrogens is 444 g/mol. The van der Waals surface area contributed by atoms with E-state index in [2.05, 4.69) is 32.1 Å². The Balaban J connectivity index is 1.41. The first-order valence-corrected chi connectivity index (χ1v) is 11.2. The highest BCUT2D eigenvalue weighted by Gasteiger charge is 2.17. The summed E-state index contributed by atoms with van der Waals surface area (Å²) in [5, 5.41) is 2.66. The van der Waals surface area contributed by atoms with Crippen LogP contribution < -0.4 is 10.1 Å². The van der Waals surface area contributed by atoms with E-state index in [1.807, 2.05) is 54.6 Å². The predicted molar refractivity (Wildman–Crippen MR) is 132 cm³/mol. The first kappa shape index (κ1) is 23.8. The van der Waals surface area contributed by atoms with Gasteiger partial charge in [-0.25, -0.2) is 14.8 Å². The standard InChI is InChI=1S/C27H26N4O4/c1-18(29-26(32)35-27(2,3)4)10-15-23-28-16-22-25(31-23)34-24(30-22)20-11-13-21(14-12-20)33-17-19-8-6-5-7-9-19/h5-9,11-14,16,18H,17H2,1-4H3,(H,29,32)/t18-/m0/s1. The molecule has 178 valence electrons. The van der Waals surface area contributed by atoms with Crippen molar-refractivity contribution < 1.29 is 18.7 Å². The van der Waals surface area contributed by atoms with Crippen molar-refractivity contribution in [2.45, 2.75) is 45.9 Å². The second-order valence-corrected chi connectivity index (χ2v) is 8.84. The van der Waals surface area contributed by atoms with Gasteiger partial charge in [0.05, 0.1) is 12.2 Å². The number of alkyl carbamates (subject to hydrolysis) is 1. The molecule has 35 heavy (non-hydrogen) atoms. The van der Waals surface area contributed by atoms with Crippen molar-refractivity contribution in [1.82, 2.24) is 20.3 Å². The number of benzene rings is 2. The van der Waals surface area contributed by atoms with Gasteiger partial charge in [-0.2, -0.15) is 4.98 Å². The number of oxazole rings is 1. The molecule has 0 aliphatic carbocycles. The molecule has 0 saturated carbocycles. The maximum Gasteiger partial charge on any atom is 0.408 e. The van der Waals surface area contributed by atoms with Gasteiger partial charge in [-0.3, -0.25) is 0 Å². The lowest BCUT2D eigenvalue weighted by Gasteiger charge is -2.20. The van der Waals surface area contributed by atoms with Gasteiger partial charge in [0.1, 0.15) is 23.5 Å². The molecule has 2 aromatic carbocycles. The molecule has 0 aliphatic rings. The molecule has 1 amide bonds. The Hall–Kier alpha value is -4.38. The third-order valence-electron chi connectivity index (χ3n) is 4.63. The molecule has 2 aromatic heterocycles. The average Bonchev–Trinajstić information content (AvgIpc) is 3.24. The largest absolute Gasteiger partial charge is 0.489 e. The van der Waals surface area contributed by atoms with Crippen LogP contribution in [-0.2, 0) is 11.3 Å². The smallest absolute Gasteiger partial charge is 0.408 e. The lowest BCUT2D eigenvalue weighted by Crippen LogP contribution is -2.37. The molecule has 0 fully saturated rings. The predicted octanol–water partition coefficient (Wildman–Crippen LogP) is 5.13. The molecule has 8 heteroatoms. The fourth-order valence-corrected chi connectivity index (χ4v) is 3.05. The van der Waals surface area contributed by atoms with Crippen molar-refractivity contribution in [3.8, 4) is 29.0 Å². The number of ether oxygens (including phenoxy) is 2. The van der Waals surface area contributed by atoms with Gasteiger partial charge in [-0.05, 0) is 63.4 Å². The highest BCUT2D eigenvalue weighted by atomic mass is 16.6. The molecule has 0 saturated heterocycles. The van der Waals surface area contributed by atoms with E-state index >= 15 is 0 Å². The Morgan fingerprint density at radius 1 is 1.09 bits per heavy atom. The number of amides is 1. The Labute approximate surface area is 203 Å². The summed E-state index contributed by atoms with van der Waals surface area (Å²) in [4.78, 5) is 24.9. The third-order valence-corrected chi connectivity index (χ3v) is 4.63. The van der Waals surface area contributed by atoms with Gasteiger partial charge < -0.3 is 19.2 Å². The number of rotatable bonds is 5. The lowest BCUT2D eigenvalue weighted by atomic mass is 10.2. The molecule has 0 bridgehead atoms. The van der Waals surface area contributed by atoms with Gasteiger partial charge in [0.25, 0.3) is 5.71 Å². The van der Waals surface area contributed by atoms with Crippen LogP contribution in [0.15, 0.2) is 65.2 Å². The van der Waals surface area contributed by atoms with E-state index in [1.165, 1.54) is 0 Å². The fraction of sp³-hybridized carbons (Fsp3) is 0.259. The van der Waals surface area contributed by atoms with Gasteiger partial charge in [0.2, 0.25) is 11.7 Å². The van der Waals surface area contributed by atoms with Crippen molar-refractivity contribution >= 4 is 17.3 Å². The summed E-state index contributed by atoms with van der Waals surface area (Å²) in [5.41, 5.74) is 2.16. The van der Waals surface area contributed by atoms with Gasteiger partial charge in [-0.15, -0.1) is 0 Å². The summed E-state index contributed by atoms with van der Waals surface area (Å²) in [5.74, 6) is 7.17. The second kappa shape index (κ2) is 10.3. The van der Waals surface area contributed by atoms with E-state index in [1.54, 1.807) is 33.9 Å². The SMILES string of the molecule is C[C@@H](C#Cc1ncc2nc(-c3ccc(OCc4ccccc4)cc3)oc2n1)NC(=O)OC(C)(C)C. The number of nitrogens with one attached hydrogen (secondary N) is 1. The van der Waals surface area contributed by atoms with Crippen LogP contribution in [0.5, 0.6) is 5.75 Å². The molecule has 4 rings (SSSR count). The second-order valence-electron chi connectivity index (χ2n) is 8.84. The van der Waals surface area contributed by atoms with Crippen molar-refractivity contribution in [2.75, 3.05) is 0 Å². The molecule has 0 radical (unpaired) electrons. The summed E-state index contributed by atoms with van der Waals surface area (Å²) in [6.07, 6.45) is 1.02. The molecule has 8 nitrogen and oxygen atoms in total. The molecule has 2 heterocycles. The number of hydrogen-bond acceptors (Lipinski definition) is 7. The van der Waals surface area contributed by atoms with Crippen LogP contribution in [0.4, 0.5) is 4.79 Å². The average molecular weight is 471 g/mol. The monoisotopic (exact) mass is 470 g/mol. The van der Waals surface area contributed by atoms with Gasteiger partial charge in [0, 0.05) is 5.56 Å². The number of carbonyl (C=O) groups excluding carboxylic acids is 1. The minimum Gasteiger partial charge on any atom is -0.489 e. The van der Waals surface area contributed by atoms with Gasteiger partial charge in [0.15, 0.2) is 0 Å². The topological polar surface area (TPSA) is 99.4 Å².